The van der Waals surface area contributed by atoms with Crippen LogP contribution in [0, 0.1) is 5.82 Å². The molecule has 166 valence electrons. The fourth-order valence-corrected chi connectivity index (χ4v) is 2.79. The van der Waals surface area contributed by atoms with Crippen LogP contribution in [0.4, 0.5) is 17.6 Å². The lowest BCUT2D eigenvalue weighted by atomic mass is 10.1. The third-order valence-corrected chi connectivity index (χ3v) is 4.24. The molecular weight excluding hydrogens is 553 g/mol. The lowest BCUT2D eigenvalue weighted by Crippen LogP contribution is -2.36. The van der Waals surface area contributed by atoms with Crippen LogP contribution in [0.5, 0.6) is 0 Å². The Labute approximate surface area is 197 Å². The zero-order valence-corrected chi connectivity index (χ0v) is 19.1. The second-order valence-electron chi connectivity index (χ2n) is 6.10. The zero-order valence-electron chi connectivity index (χ0n) is 16.0. The molecule has 0 unspecified atom stereocenters. The third-order valence-electron chi connectivity index (χ3n) is 4.01. The van der Waals surface area contributed by atoms with E-state index in [0.717, 1.165) is 12.1 Å². The van der Waals surface area contributed by atoms with Gasteiger partial charge in [-0.3, -0.25) is 4.99 Å². The van der Waals surface area contributed by atoms with Gasteiger partial charge in [0.15, 0.2) is 5.96 Å². The molecule has 2 N–H and O–H groups in total. The third kappa shape index (κ3) is 6.79. The van der Waals surface area contributed by atoms with Crippen LogP contribution >= 0.6 is 35.6 Å². The number of hydrogen-bond acceptors (Lipinski definition) is 4. The van der Waals surface area contributed by atoms with E-state index in [-0.39, 0.29) is 54.5 Å². The Balaban J connectivity index is 0.00000341. The summed E-state index contributed by atoms with van der Waals surface area (Å²) >= 11 is 5.94. The standard InChI is InChI=1S/C19H16ClF4N5O.HI/c1-25-18(26-9-12-5-6-14(21)8-15(12)19(22,23)24)27-10-16-28-17(29-30-16)11-3-2-4-13(20)7-11;/h2-8H,9-10H2,1H3,(H2,25,26,27);1H. The van der Waals surface area contributed by atoms with Crippen molar-refractivity contribution in [2.24, 2.45) is 4.99 Å². The van der Waals surface area contributed by atoms with Gasteiger partial charge in [-0.1, -0.05) is 35.0 Å². The quantitative estimate of drug-likeness (QED) is 0.195. The molecule has 31 heavy (non-hydrogen) atoms. The number of aliphatic imine (C=N–C) groups is 1. The maximum atomic E-state index is 13.2. The van der Waals surface area contributed by atoms with Crippen LogP contribution in [0.3, 0.4) is 0 Å². The Morgan fingerprint density at radius 3 is 2.55 bits per heavy atom. The van der Waals surface area contributed by atoms with Gasteiger partial charge in [-0.2, -0.15) is 18.2 Å². The lowest BCUT2D eigenvalue weighted by molar-refractivity contribution is -0.138. The summed E-state index contributed by atoms with van der Waals surface area (Å²) < 4.78 is 57.6. The van der Waals surface area contributed by atoms with E-state index < -0.39 is 17.6 Å². The molecule has 6 nitrogen and oxygen atoms in total. The first kappa shape index (κ1) is 24.9. The van der Waals surface area contributed by atoms with E-state index in [0.29, 0.717) is 22.5 Å². The summed E-state index contributed by atoms with van der Waals surface area (Å²) in [5, 5.41) is 10.0. The highest BCUT2D eigenvalue weighted by molar-refractivity contribution is 14.0. The summed E-state index contributed by atoms with van der Waals surface area (Å²) in [6, 6.07) is 9.44. The first-order valence-electron chi connectivity index (χ1n) is 8.65. The number of rotatable bonds is 5. The van der Waals surface area contributed by atoms with Crippen LogP contribution < -0.4 is 10.6 Å². The smallest absolute Gasteiger partial charge is 0.352 e. The molecule has 3 aromatic rings. The van der Waals surface area contributed by atoms with Gasteiger partial charge in [0, 0.05) is 24.2 Å². The molecule has 0 spiro atoms. The summed E-state index contributed by atoms with van der Waals surface area (Å²) in [6.07, 6.45) is -4.67. The lowest BCUT2D eigenvalue weighted by Gasteiger charge is -2.15. The van der Waals surface area contributed by atoms with E-state index in [1.807, 2.05) is 0 Å². The summed E-state index contributed by atoms with van der Waals surface area (Å²) in [6.45, 7) is -0.130. The highest BCUT2D eigenvalue weighted by atomic mass is 127. The number of aromatic nitrogens is 2. The van der Waals surface area contributed by atoms with Crippen LogP contribution in [0.15, 0.2) is 52.0 Å². The number of hydrogen-bond donors (Lipinski definition) is 2. The van der Waals surface area contributed by atoms with E-state index in [1.54, 1.807) is 24.3 Å². The minimum absolute atomic E-state index is 0. The maximum Gasteiger partial charge on any atom is 0.416 e. The summed E-state index contributed by atoms with van der Waals surface area (Å²) in [5.41, 5.74) is -0.489. The van der Waals surface area contributed by atoms with Crippen molar-refractivity contribution in [2.75, 3.05) is 7.05 Å². The number of alkyl halides is 3. The number of guanidine groups is 1. The number of nitrogens with zero attached hydrogens (tertiary/aromatic N) is 3. The second kappa shape index (κ2) is 10.8. The van der Waals surface area contributed by atoms with Crippen molar-refractivity contribution >= 4 is 41.5 Å². The zero-order chi connectivity index (χ0) is 21.7. The van der Waals surface area contributed by atoms with Gasteiger partial charge in [-0.25, -0.2) is 4.39 Å². The Morgan fingerprint density at radius 1 is 1.13 bits per heavy atom. The van der Waals surface area contributed by atoms with E-state index >= 15 is 0 Å². The van der Waals surface area contributed by atoms with Gasteiger partial charge in [0.05, 0.1) is 12.1 Å². The molecule has 0 atom stereocenters. The fraction of sp³-hybridized carbons (Fsp3) is 0.211. The van der Waals surface area contributed by atoms with E-state index in [4.69, 9.17) is 16.1 Å². The minimum Gasteiger partial charge on any atom is -0.352 e. The molecule has 3 rings (SSSR count). The molecule has 0 radical (unpaired) electrons. The Morgan fingerprint density at radius 2 is 1.87 bits per heavy atom. The van der Waals surface area contributed by atoms with Crippen molar-refractivity contribution < 1.29 is 22.1 Å². The second-order valence-corrected chi connectivity index (χ2v) is 6.54. The molecule has 0 aliphatic heterocycles. The fourth-order valence-electron chi connectivity index (χ4n) is 2.60. The largest absolute Gasteiger partial charge is 0.416 e. The molecule has 2 aromatic carbocycles. The van der Waals surface area contributed by atoms with Gasteiger partial charge in [0.2, 0.25) is 11.7 Å². The molecule has 0 aliphatic rings. The number of nitrogens with one attached hydrogen (secondary N) is 2. The molecule has 0 saturated heterocycles. The van der Waals surface area contributed by atoms with Crippen molar-refractivity contribution in [1.29, 1.82) is 0 Å². The van der Waals surface area contributed by atoms with Gasteiger partial charge < -0.3 is 15.2 Å². The molecule has 12 heteroatoms. The SMILES string of the molecule is CN=C(NCc1nc(-c2cccc(Cl)c2)no1)NCc1ccc(F)cc1C(F)(F)F.I. The highest BCUT2D eigenvalue weighted by Crippen LogP contribution is 2.32. The van der Waals surface area contributed by atoms with Gasteiger partial charge in [0.1, 0.15) is 5.82 Å². The molecule has 0 fully saturated rings. The average molecular weight is 570 g/mol. The summed E-state index contributed by atoms with van der Waals surface area (Å²) in [7, 11) is 1.45. The molecule has 0 amide bonds. The van der Waals surface area contributed by atoms with Crippen molar-refractivity contribution in [2.45, 2.75) is 19.3 Å². The molecular formula is C19H17ClF4IN5O. The van der Waals surface area contributed by atoms with E-state index in [9.17, 15) is 17.6 Å². The average Bonchev–Trinajstić information content (AvgIpc) is 3.17. The topological polar surface area (TPSA) is 75.3 Å². The Hall–Kier alpha value is -2.41. The Kier molecular flexibility index (Phi) is 8.62. The summed E-state index contributed by atoms with van der Waals surface area (Å²) in [5.74, 6) is -0.167. The number of benzene rings is 2. The van der Waals surface area contributed by atoms with Gasteiger partial charge in [0.25, 0.3) is 0 Å². The first-order chi connectivity index (χ1) is 14.3. The van der Waals surface area contributed by atoms with Crippen LogP contribution in [0.2, 0.25) is 5.02 Å². The van der Waals surface area contributed by atoms with Gasteiger partial charge in [-0.05, 0) is 29.8 Å². The van der Waals surface area contributed by atoms with E-state index in [2.05, 4.69) is 25.8 Å². The van der Waals surface area contributed by atoms with Gasteiger partial charge in [-0.15, -0.1) is 24.0 Å². The minimum atomic E-state index is -4.67. The Bertz CT molecular complexity index is 1060. The normalized spacial score (nSPS) is 11.7. The molecule has 1 heterocycles. The van der Waals surface area contributed by atoms with Crippen molar-refractivity contribution in [1.82, 2.24) is 20.8 Å². The van der Waals surface area contributed by atoms with Crippen LogP contribution in [-0.4, -0.2) is 23.1 Å². The predicted molar refractivity (Wildman–Crippen MR) is 119 cm³/mol. The molecule has 0 aliphatic carbocycles. The monoisotopic (exact) mass is 569 g/mol. The van der Waals surface area contributed by atoms with Crippen LogP contribution in [-0.2, 0) is 19.3 Å². The number of halogens is 6. The van der Waals surface area contributed by atoms with Crippen molar-refractivity contribution in [3.05, 3.63) is 70.3 Å². The maximum absolute atomic E-state index is 13.2. The van der Waals surface area contributed by atoms with Crippen LogP contribution in [0.1, 0.15) is 17.0 Å². The summed E-state index contributed by atoms with van der Waals surface area (Å²) in [4.78, 5) is 8.17. The van der Waals surface area contributed by atoms with Crippen molar-refractivity contribution in [3.63, 3.8) is 0 Å². The molecule has 0 bridgehead atoms. The predicted octanol–water partition coefficient (Wildman–Crippen LogP) is 5.03. The molecule has 1 aromatic heterocycles. The van der Waals surface area contributed by atoms with Gasteiger partial charge >= 0.3 is 6.18 Å². The van der Waals surface area contributed by atoms with Crippen LogP contribution in [0.25, 0.3) is 11.4 Å². The highest BCUT2D eigenvalue weighted by Gasteiger charge is 2.33. The first-order valence-corrected chi connectivity index (χ1v) is 9.02. The van der Waals surface area contributed by atoms with E-state index in [1.165, 1.54) is 7.05 Å². The van der Waals surface area contributed by atoms with Crippen molar-refractivity contribution in [3.8, 4) is 11.4 Å². The molecule has 0 saturated carbocycles.